The molecule has 1 aliphatic carbocycles. The van der Waals surface area contributed by atoms with E-state index in [1.165, 1.54) is 17.5 Å². The lowest BCUT2D eigenvalue weighted by atomic mass is 9.96. The van der Waals surface area contributed by atoms with Crippen molar-refractivity contribution in [1.29, 1.82) is 0 Å². The topological polar surface area (TPSA) is 58.4 Å². The van der Waals surface area contributed by atoms with Crippen LogP contribution in [0.2, 0.25) is 0 Å². The zero-order chi connectivity index (χ0) is 14.1. The number of likely N-dealkylation sites (N-methyl/N-ethyl adjacent to an activating group) is 1. The fourth-order valence-corrected chi connectivity index (χ4v) is 3.74. The average molecular weight is 273 g/mol. The second-order valence-corrected chi connectivity index (χ2v) is 5.85. The van der Waals surface area contributed by atoms with Crippen LogP contribution in [0.1, 0.15) is 48.9 Å². The van der Waals surface area contributed by atoms with Crippen LogP contribution in [-0.4, -0.2) is 30.4 Å². The zero-order valence-corrected chi connectivity index (χ0v) is 12.0. The minimum atomic E-state index is -0.00268. The molecule has 0 aromatic heterocycles. The first-order valence-electron chi connectivity index (χ1n) is 7.54. The molecule has 2 aliphatic rings. The maximum Gasteiger partial charge on any atom is 0.237 e. The van der Waals surface area contributed by atoms with E-state index in [2.05, 4.69) is 28.4 Å². The molecule has 1 aromatic rings. The van der Waals surface area contributed by atoms with Gasteiger partial charge < -0.3 is 11.1 Å². The van der Waals surface area contributed by atoms with E-state index in [1.54, 1.807) is 7.05 Å². The molecule has 20 heavy (non-hydrogen) atoms. The Kier molecular flexibility index (Phi) is 3.76. The molecule has 1 heterocycles. The number of amides is 1. The standard InChI is InChI=1S/C16H23N3O/c1-18-16(20)14-8-4-5-9-19(14)15-10-13(17)11-6-2-3-7-12(11)15/h2-3,6-7,13-15H,4-5,8-10,17H2,1H3,(H,18,20). The van der Waals surface area contributed by atoms with E-state index in [0.29, 0.717) is 6.04 Å². The Morgan fingerprint density at radius 2 is 2.05 bits per heavy atom. The second-order valence-electron chi connectivity index (χ2n) is 5.85. The number of likely N-dealkylation sites (tertiary alicyclic amines) is 1. The van der Waals surface area contributed by atoms with Gasteiger partial charge in [-0.1, -0.05) is 30.7 Å². The number of hydrogen-bond donors (Lipinski definition) is 2. The van der Waals surface area contributed by atoms with Gasteiger partial charge in [-0.15, -0.1) is 0 Å². The number of fused-ring (bicyclic) bond motifs is 1. The number of hydrogen-bond acceptors (Lipinski definition) is 3. The predicted octanol–water partition coefficient (Wildman–Crippen LogP) is 1.73. The minimum Gasteiger partial charge on any atom is -0.358 e. The summed E-state index contributed by atoms with van der Waals surface area (Å²) >= 11 is 0. The van der Waals surface area contributed by atoms with Gasteiger partial charge in [0.15, 0.2) is 0 Å². The van der Waals surface area contributed by atoms with Crippen molar-refractivity contribution in [2.24, 2.45) is 5.73 Å². The summed E-state index contributed by atoms with van der Waals surface area (Å²) in [7, 11) is 1.73. The maximum atomic E-state index is 12.1. The molecule has 3 N–H and O–H groups in total. The first-order chi connectivity index (χ1) is 9.72. The van der Waals surface area contributed by atoms with Gasteiger partial charge in [-0.2, -0.15) is 0 Å². The summed E-state index contributed by atoms with van der Waals surface area (Å²) in [5.74, 6) is 0.141. The molecule has 0 radical (unpaired) electrons. The van der Waals surface area contributed by atoms with Crippen molar-refractivity contribution < 1.29 is 4.79 Å². The zero-order valence-electron chi connectivity index (χ0n) is 12.0. The Hall–Kier alpha value is -1.39. The predicted molar refractivity (Wildman–Crippen MR) is 79.1 cm³/mol. The maximum absolute atomic E-state index is 12.1. The first kappa shape index (κ1) is 13.6. The Morgan fingerprint density at radius 1 is 1.30 bits per heavy atom. The van der Waals surface area contributed by atoms with Crippen LogP contribution < -0.4 is 11.1 Å². The molecule has 108 valence electrons. The van der Waals surface area contributed by atoms with Crippen molar-refractivity contribution in [1.82, 2.24) is 10.2 Å². The molecule has 1 fully saturated rings. The number of nitrogens with one attached hydrogen (secondary N) is 1. The van der Waals surface area contributed by atoms with Crippen molar-refractivity contribution in [3.8, 4) is 0 Å². The molecule has 1 aromatic carbocycles. The number of carbonyl (C=O) groups is 1. The lowest BCUT2D eigenvalue weighted by molar-refractivity contribution is -0.128. The van der Waals surface area contributed by atoms with Crippen LogP contribution >= 0.6 is 0 Å². The molecule has 0 saturated carbocycles. The Balaban J connectivity index is 1.90. The smallest absolute Gasteiger partial charge is 0.237 e. The van der Waals surface area contributed by atoms with Gasteiger partial charge in [0.05, 0.1) is 6.04 Å². The Morgan fingerprint density at radius 3 is 2.80 bits per heavy atom. The van der Waals surface area contributed by atoms with E-state index in [9.17, 15) is 4.79 Å². The molecule has 4 nitrogen and oxygen atoms in total. The molecule has 1 amide bonds. The van der Waals surface area contributed by atoms with Gasteiger partial charge >= 0.3 is 0 Å². The van der Waals surface area contributed by atoms with Crippen LogP contribution in [0.5, 0.6) is 0 Å². The quantitative estimate of drug-likeness (QED) is 0.863. The Bertz CT molecular complexity index is 502. The molecule has 1 saturated heterocycles. The third kappa shape index (κ3) is 2.23. The summed E-state index contributed by atoms with van der Waals surface area (Å²) < 4.78 is 0. The van der Waals surface area contributed by atoms with Gasteiger partial charge in [0.25, 0.3) is 0 Å². The summed E-state index contributed by atoms with van der Waals surface area (Å²) in [6.07, 6.45) is 4.18. The van der Waals surface area contributed by atoms with Gasteiger partial charge in [-0.05, 0) is 36.9 Å². The number of benzene rings is 1. The van der Waals surface area contributed by atoms with Crippen molar-refractivity contribution in [2.75, 3.05) is 13.6 Å². The van der Waals surface area contributed by atoms with E-state index >= 15 is 0 Å². The SMILES string of the molecule is CNC(=O)C1CCCCN1C1CC(N)c2ccccc21. The summed E-state index contributed by atoms with van der Waals surface area (Å²) in [4.78, 5) is 14.5. The molecule has 1 aliphatic heterocycles. The number of piperidine rings is 1. The molecular formula is C16H23N3O. The lowest BCUT2D eigenvalue weighted by Gasteiger charge is -2.39. The third-order valence-corrected chi connectivity index (χ3v) is 4.73. The fourth-order valence-electron chi connectivity index (χ4n) is 3.74. The largest absolute Gasteiger partial charge is 0.358 e. The van der Waals surface area contributed by atoms with Crippen LogP contribution in [0, 0.1) is 0 Å². The highest BCUT2D eigenvalue weighted by atomic mass is 16.2. The summed E-state index contributed by atoms with van der Waals surface area (Å²) in [5, 5.41) is 2.81. The van der Waals surface area contributed by atoms with Crippen LogP contribution in [0.15, 0.2) is 24.3 Å². The van der Waals surface area contributed by atoms with E-state index < -0.39 is 0 Å². The number of nitrogens with zero attached hydrogens (tertiary/aromatic N) is 1. The average Bonchev–Trinajstić information content (AvgIpc) is 2.84. The summed E-state index contributed by atoms with van der Waals surface area (Å²) in [6, 6.07) is 8.81. The fraction of sp³-hybridized carbons (Fsp3) is 0.562. The number of carbonyl (C=O) groups excluding carboxylic acids is 1. The molecular weight excluding hydrogens is 250 g/mol. The van der Waals surface area contributed by atoms with Crippen LogP contribution in [0.3, 0.4) is 0 Å². The van der Waals surface area contributed by atoms with E-state index in [0.717, 1.165) is 25.8 Å². The van der Waals surface area contributed by atoms with Crippen LogP contribution in [-0.2, 0) is 4.79 Å². The van der Waals surface area contributed by atoms with Gasteiger partial charge in [0.2, 0.25) is 5.91 Å². The third-order valence-electron chi connectivity index (χ3n) is 4.73. The second kappa shape index (κ2) is 5.54. The molecule has 3 rings (SSSR count). The number of rotatable bonds is 2. The highest BCUT2D eigenvalue weighted by Crippen LogP contribution is 2.43. The minimum absolute atomic E-state index is 0.00268. The molecule has 3 unspecified atom stereocenters. The van der Waals surface area contributed by atoms with Gasteiger partial charge in [0, 0.05) is 19.1 Å². The van der Waals surface area contributed by atoms with Crippen LogP contribution in [0.4, 0.5) is 0 Å². The molecule has 4 heteroatoms. The van der Waals surface area contributed by atoms with E-state index in [-0.39, 0.29) is 18.0 Å². The van der Waals surface area contributed by atoms with Crippen molar-refractivity contribution in [3.05, 3.63) is 35.4 Å². The Labute approximate surface area is 120 Å². The van der Waals surface area contributed by atoms with Gasteiger partial charge in [0.1, 0.15) is 0 Å². The normalized spacial score (nSPS) is 30.0. The molecule has 0 spiro atoms. The van der Waals surface area contributed by atoms with Gasteiger partial charge in [-0.25, -0.2) is 0 Å². The number of nitrogens with two attached hydrogens (primary N) is 1. The molecule has 0 bridgehead atoms. The van der Waals surface area contributed by atoms with Crippen molar-refractivity contribution >= 4 is 5.91 Å². The summed E-state index contributed by atoms with van der Waals surface area (Å²) in [6.45, 7) is 0.990. The highest BCUT2D eigenvalue weighted by Gasteiger charge is 2.38. The van der Waals surface area contributed by atoms with Gasteiger partial charge in [-0.3, -0.25) is 9.69 Å². The van der Waals surface area contributed by atoms with Crippen molar-refractivity contribution in [2.45, 2.75) is 43.8 Å². The summed E-state index contributed by atoms with van der Waals surface area (Å²) in [5.41, 5.74) is 8.83. The van der Waals surface area contributed by atoms with Crippen LogP contribution in [0.25, 0.3) is 0 Å². The highest BCUT2D eigenvalue weighted by molar-refractivity contribution is 5.81. The van der Waals surface area contributed by atoms with E-state index in [4.69, 9.17) is 5.73 Å². The first-order valence-corrected chi connectivity index (χ1v) is 7.54. The monoisotopic (exact) mass is 273 g/mol. The van der Waals surface area contributed by atoms with E-state index in [1.807, 2.05) is 6.07 Å². The van der Waals surface area contributed by atoms with Crippen molar-refractivity contribution in [3.63, 3.8) is 0 Å². The molecule has 3 atom stereocenters. The lowest BCUT2D eigenvalue weighted by Crippen LogP contribution is -2.49.